The molecule has 0 radical (unpaired) electrons. The van der Waals surface area contributed by atoms with Gasteiger partial charge < -0.3 is 14.2 Å². The van der Waals surface area contributed by atoms with Crippen LogP contribution in [-0.4, -0.2) is 36.2 Å². The number of benzene rings is 2. The summed E-state index contributed by atoms with van der Waals surface area (Å²) in [5.41, 5.74) is 6.25. The molecular formula is C19H18N4O3S. The maximum atomic E-state index is 5.40. The van der Waals surface area contributed by atoms with E-state index in [0.29, 0.717) is 17.3 Å². The molecule has 4 rings (SSSR count). The third-order valence-electron chi connectivity index (χ3n) is 4.19. The van der Waals surface area contributed by atoms with Gasteiger partial charge in [0, 0.05) is 16.5 Å². The number of methoxy groups -OCH3 is 3. The molecule has 3 aromatic rings. The molecule has 0 saturated heterocycles. The molecule has 8 heteroatoms. The fourth-order valence-corrected chi connectivity index (χ4v) is 3.51. The van der Waals surface area contributed by atoms with Crippen molar-refractivity contribution < 1.29 is 14.2 Å². The van der Waals surface area contributed by atoms with Crippen LogP contribution in [0, 0.1) is 0 Å². The van der Waals surface area contributed by atoms with E-state index in [-0.39, 0.29) is 0 Å². The molecule has 2 heterocycles. The smallest absolute Gasteiger partial charge is 0.214 e. The fraction of sp³-hybridized carbons (Fsp3) is 0.158. The predicted molar refractivity (Wildman–Crippen MR) is 105 cm³/mol. The van der Waals surface area contributed by atoms with Crippen LogP contribution in [0.3, 0.4) is 0 Å². The molecule has 0 unspecified atom stereocenters. The van der Waals surface area contributed by atoms with Crippen molar-refractivity contribution in [2.75, 3.05) is 26.8 Å². The lowest BCUT2D eigenvalue weighted by atomic mass is 10.1. The number of hydrogen-bond donors (Lipinski definition) is 1. The molecule has 1 aromatic heterocycles. The van der Waals surface area contributed by atoms with Crippen molar-refractivity contribution in [3.8, 4) is 28.6 Å². The molecule has 2 aromatic carbocycles. The zero-order chi connectivity index (χ0) is 18.8. The van der Waals surface area contributed by atoms with Gasteiger partial charge in [0.15, 0.2) is 17.3 Å². The van der Waals surface area contributed by atoms with Crippen molar-refractivity contribution in [2.45, 2.75) is 5.16 Å². The minimum absolute atomic E-state index is 0.640. The van der Waals surface area contributed by atoms with Gasteiger partial charge in [0.2, 0.25) is 5.16 Å². The first-order valence-corrected chi connectivity index (χ1v) is 9.07. The Bertz CT molecular complexity index is 999. The molecule has 0 amide bonds. The Hall–Kier alpha value is -3.13. The number of nitrogens with one attached hydrogen (secondary N) is 1. The molecule has 0 spiro atoms. The summed E-state index contributed by atoms with van der Waals surface area (Å²) in [6, 6.07) is 13.5. The molecule has 0 aliphatic carbocycles. The number of nitrogens with zero attached hydrogens (tertiary/aromatic N) is 3. The highest BCUT2D eigenvalue weighted by atomic mass is 32.2. The van der Waals surface area contributed by atoms with Crippen LogP contribution in [-0.2, 0) is 0 Å². The summed E-state index contributed by atoms with van der Waals surface area (Å²) >= 11 is 1.51. The van der Waals surface area contributed by atoms with E-state index in [1.807, 2.05) is 52.5 Å². The van der Waals surface area contributed by atoms with Gasteiger partial charge in [0.05, 0.1) is 27.0 Å². The van der Waals surface area contributed by atoms with E-state index in [1.165, 1.54) is 11.8 Å². The second-order valence-electron chi connectivity index (χ2n) is 5.70. The number of ether oxygens (including phenoxy) is 3. The van der Waals surface area contributed by atoms with Crippen molar-refractivity contribution in [1.82, 2.24) is 14.9 Å². The van der Waals surface area contributed by atoms with E-state index in [0.717, 1.165) is 27.7 Å². The molecule has 0 saturated carbocycles. The average molecular weight is 382 g/mol. The second-order valence-corrected chi connectivity index (χ2v) is 6.54. The number of hydrogen-bond acceptors (Lipinski definition) is 7. The van der Waals surface area contributed by atoms with E-state index in [9.17, 15) is 0 Å². The lowest BCUT2D eigenvalue weighted by Crippen LogP contribution is -2.18. The van der Waals surface area contributed by atoms with E-state index < -0.39 is 0 Å². The van der Waals surface area contributed by atoms with Crippen LogP contribution in [0.2, 0.25) is 0 Å². The topological polar surface area (TPSA) is 70.4 Å². The second kappa shape index (κ2) is 7.24. The maximum Gasteiger partial charge on any atom is 0.214 e. The summed E-state index contributed by atoms with van der Waals surface area (Å²) in [5.74, 6) is 2.82. The van der Waals surface area contributed by atoms with Gasteiger partial charge in [-0.25, -0.2) is 4.68 Å². The maximum absolute atomic E-state index is 5.40. The van der Waals surface area contributed by atoms with Crippen LogP contribution < -0.4 is 19.6 Å². The van der Waals surface area contributed by atoms with Crippen molar-refractivity contribution in [2.24, 2.45) is 0 Å². The summed E-state index contributed by atoms with van der Waals surface area (Å²) in [5, 5.41) is 11.4. The third-order valence-corrected chi connectivity index (χ3v) is 5.02. The standard InChI is InChI=1S/C19H18N4O3S/c1-24-14-7-4-12(5-8-14)15-11-27-19-21-20-18(23(19)22-15)13-6-9-16(25-2)17(10-13)26-3/h4-11,22H,1-3H3. The summed E-state index contributed by atoms with van der Waals surface area (Å²) in [6.07, 6.45) is 0. The van der Waals surface area contributed by atoms with E-state index in [2.05, 4.69) is 15.6 Å². The molecule has 0 bridgehead atoms. The summed E-state index contributed by atoms with van der Waals surface area (Å²) in [4.78, 5) is 0. The van der Waals surface area contributed by atoms with Crippen LogP contribution in [0.4, 0.5) is 0 Å². The average Bonchev–Trinajstić information content (AvgIpc) is 3.16. The highest BCUT2D eigenvalue weighted by molar-refractivity contribution is 8.02. The zero-order valence-corrected chi connectivity index (χ0v) is 15.9. The number of aromatic nitrogens is 3. The molecule has 27 heavy (non-hydrogen) atoms. The van der Waals surface area contributed by atoms with Gasteiger partial charge in [-0.15, -0.1) is 10.2 Å². The summed E-state index contributed by atoms with van der Waals surface area (Å²) in [7, 11) is 4.88. The lowest BCUT2D eigenvalue weighted by molar-refractivity contribution is 0.355. The number of thioether (sulfide) groups is 1. The van der Waals surface area contributed by atoms with Crippen LogP contribution in [0.25, 0.3) is 17.1 Å². The molecule has 138 valence electrons. The van der Waals surface area contributed by atoms with Crippen molar-refractivity contribution in [3.63, 3.8) is 0 Å². The Morgan fingerprint density at radius 2 is 1.59 bits per heavy atom. The van der Waals surface area contributed by atoms with E-state index >= 15 is 0 Å². The highest BCUT2D eigenvalue weighted by Crippen LogP contribution is 2.35. The summed E-state index contributed by atoms with van der Waals surface area (Å²) in [6.45, 7) is 0. The van der Waals surface area contributed by atoms with E-state index in [1.54, 1.807) is 21.3 Å². The first kappa shape index (κ1) is 17.3. The zero-order valence-electron chi connectivity index (χ0n) is 15.1. The minimum atomic E-state index is 0.640. The Morgan fingerprint density at radius 3 is 2.30 bits per heavy atom. The molecule has 0 fully saturated rings. The van der Waals surface area contributed by atoms with Crippen LogP contribution >= 0.6 is 11.8 Å². The van der Waals surface area contributed by atoms with Crippen LogP contribution in [0.15, 0.2) is 53.0 Å². The van der Waals surface area contributed by atoms with Gasteiger partial charge in [-0.3, -0.25) is 5.43 Å². The quantitative estimate of drug-likeness (QED) is 0.723. The highest BCUT2D eigenvalue weighted by Gasteiger charge is 2.20. The van der Waals surface area contributed by atoms with Crippen LogP contribution in [0.1, 0.15) is 5.56 Å². The van der Waals surface area contributed by atoms with Gasteiger partial charge in [-0.05, 0) is 42.5 Å². The van der Waals surface area contributed by atoms with Crippen LogP contribution in [0.5, 0.6) is 17.2 Å². The van der Waals surface area contributed by atoms with Gasteiger partial charge in [0.25, 0.3) is 0 Å². The lowest BCUT2D eigenvalue weighted by Gasteiger charge is -2.19. The molecule has 1 aliphatic heterocycles. The third kappa shape index (κ3) is 3.19. The van der Waals surface area contributed by atoms with Gasteiger partial charge in [-0.1, -0.05) is 11.8 Å². The largest absolute Gasteiger partial charge is 0.497 e. The van der Waals surface area contributed by atoms with Gasteiger partial charge >= 0.3 is 0 Å². The normalized spacial score (nSPS) is 12.6. The summed E-state index contributed by atoms with van der Waals surface area (Å²) < 4.78 is 17.8. The molecular weight excluding hydrogens is 364 g/mol. The Labute approximate surface area is 160 Å². The first-order chi connectivity index (χ1) is 13.2. The fourth-order valence-electron chi connectivity index (χ4n) is 2.77. The monoisotopic (exact) mass is 382 g/mol. The molecule has 7 nitrogen and oxygen atoms in total. The number of rotatable bonds is 5. The molecule has 0 atom stereocenters. The predicted octanol–water partition coefficient (Wildman–Crippen LogP) is 3.62. The first-order valence-electron chi connectivity index (χ1n) is 8.19. The van der Waals surface area contributed by atoms with Gasteiger partial charge in [0.1, 0.15) is 5.75 Å². The minimum Gasteiger partial charge on any atom is -0.497 e. The van der Waals surface area contributed by atoms with Crippen molar-refractivity contribution in [1.29, 1.82) is 0 Å². The van der Waals surface area contributed by atoms with E-state index in [4.69, 9.17) is 14.2 Å². The van der Waals surface area contributed by atoms with Gasteiger partial charge in [-0.2, -0.15) is 0 Å². The molecule has 1 aliphatic rings. The van der Waals surface area contributed by atoms with Crippen molar-refractivity contribution >= 4 is 17.5 Å². The Balaban J connectivity index is 1.67. The number of fused-ring (bicyclic) bond motifs is 1. The molecule has 1 N–H and O–H groups in total. The Morgan fingerprint density at radius 1 is 0.852 bits per heavy atom. The Kier molecular flexibility index (Phi) is 4.64. The SMILES string of the molecule is COc1ccc(C2=CSc3nnc(-c4ccc(OC)c(OC)c4)n3N2)cc1. The van der Waals surface area contributed by atoms with Crippen molar-refractivity contribution in [3.05, 3.63) is 53.4 Å².